The SMILES string of the molecule is COc1ccc(NC(=O)C(C)N(C)Cc2cc(Br)cs2)cc1. The molecule has 1 atom stereocenters. The number of amides is 1. The molecule has 0 saturated carbocycles. The third-order valence-electron chi connectivity index (χ3n) is 3.43. The number of rotatable bonds is 6. The molecule has 0 aliphatic rings. The first kappa shape index (κ1) is 17.0. The van der Waals surface area contributed by atoms with Crippen LogP contribution in [0.25, 0.3) is 0 Å². The van der Waals surface area contributed by atoms with E-state index in [0.717, 1.165) is 22.5 Å². The number of ether oxygens (including phenoxy) is 1. The molecule has 0 bridgehead atoms. The quantitative estimate of drug-likeness (QED) is 0.821. The molecule has 0 spiro atoms. The van der Waals surface area contributed by atoms with E-state index in [-0.39, 0.29) is 11.9 Å². The molecule has 0 aliphatic carbocycles. The zero-order valence-corrected chi connectivity index (χ0v) is 15.2. The van der Waals surface area contributed by atoms with Crippen molar-refractivity contribution in [1.82, 2.24) is 4.90 Å². The predicted octanol–water partition coefficient (Wildman–Crippen LogP) is 3.98. The van der Waals surface area contributed by atoms with Crippen molar-refractivity contribution in [2.24, 2.45) is 0 Å². The highest BCUT2D eigenvalue weighted by Crippen LogP contribution is 2.21. The normalized spacial score (nSPS) is 12.2. The Hall–Kier alpha value is -1.37. The van der Waals surface area contributed by atoms with Gasteiger partial charge in [0.25, 0.3) is 0 Å². The van der Waals surface area contributed by atoms with Gasteiger partial charge in [0.2, 0.25) is 5.91 Å². The van der Waals surface area contributed by atoms with Crippen molar-refractivity contribution in [2.75, 3.05) is 19.5 Å². The topological polar surface area (TPSA) is 41.6 Å². The molecule has 2 rings (SSSR count). The Morgan fingerprint density at radius 1 is 1.41 bits per heavy atom. The number of carbonyl (C=O) groups excluding carboxylic acids is 1. The van der Waals surface area contributed by atoms with Crippen molar-refractivity contribution in [1.29, 1.82) is 0 Å². The average molecular weight is 383 g/mol. The van der Waals surface area contributed by atoms with E-state index in [9.17, 15) is 4.79 Å². The van der Waals surface area contributed by atoms with E-state index in [2.05, 4.69) is 27.3 Å². The van der Waals surface area contributed by atoms with E-state index in [1.54, 1.807) is 18.4 Å². The van der Waals surface area contributed by atoms with Crippen LogP contribution in [0.15, 0.2) is 40.2 Å². The van der Waals surface area contributed by atoms with Gasteiger partial charge in [-0.25, -0.2) is 0 Å². The number of anilines is 1. The van der Waals surface area contributed by atoms with Gasteiger partial charge in [-0.3, -0.25) is 9.69 Å². The minimum absolute atomic E-state index is 0.0247. The molecule has 118 valence electrons. The van der Waals surface area contributed by atoms with Crippen molar-refractivity contribution >= 4 is 38.9 Å². The number of halogens is 1. The van der Waals surface area contributed by atoms with Crippen molar-refractivity contribution < 1.29 is 9.53 Å². The number of benzene rings is 1. The Balaban J connectivity index is 1.92. The van der Waals surface area contributed by atoms with Gasteiger partial charge in [0.1, 0.15) is 5.75 Å². The standard InChI is InChI=1S/C16H19BrN2O2S/c1-11(19(2)9-15-8-12(17)10-22-15)16(20)18-13-4-6-14(21-3)7-5-13/h4-8,10-11H,9H2,1-3H3,(H,18,20). The van der Waals surface area contributed by atoms with Gasteiger partial charge in [-0.15, -0.1) is 11.3 Å². The predicted molar refractivity (Wildman–Crippen MR) is 94.6 cm³/mol. The smallest absolute Gasteiger partial charge is 0.241 e. The third kappa shape index (κ3) is 4.56. The second kappa shape index (κ2) is 7.76. The summed E-state index contributed by atoms with van der Waals surface area (Å²) in [6.07, 6.45) is 0. The van der Waals surface area contributed by atoms with Crippen LogP contribution in [0.2, 0.25) is 0 Å². The number of methoxy groups -OCH3 is 1. The zero-order chi connectivity index (χ0) is 16.1. The maximum absolute atomic E-state index is 12.3. The van der Waals surface area contributed by atoms with Gasteiger partial charge >= 0.3 is 0 Å². The van der Waals surface area contributed by atoms with Gasteiger partial charge in [-0.2, -0.15) is 0 Å². The number of carbonyl (C=O) groups is 1. The number of hydrogen-bond acceptors (Lipinski definition) is 4. The molecule has 22 heavy (non-hydrogen) atoms. The van der Waals surface area contributed by atoms with E-state index in [1.165, 1.54) is 4.88 Å². The summed E-state index contributed by atoms with van der Waals surface area (Å²) >= 11 is 5.13. The van der Waals surface area contributed by atoms with Crippen LogP contribution in [-0.2, 0) is 11.3 Å². The minimum Gasteiger partial charge on any atom is -0.497 e. The van der Waals surface area contributed by atoms with E-state index in [4.69, 9.17) is 4.74 Å². The molecule has 4 nitrogen and oxygen atoms in total. The van der Waals surface area contributed by atoms with Gasteiger partial charge in [-0.1, -0.05) is 0 Å². The fourth-order valence-corrected chi connectivity index (χ4v) is 3.45. The summed E-state index contributed by atoms with van der Waals surface area (Å²) < 4.78 is 6.18. The van der Waals surface area contributed by atoms with Crippen LogP contribution in [0, 0.1) is 0 Å². The lowest BCUT2D eigenvalue weighted by molar-refractivity contribution is -0.120. The minimum atomic E-state index is -0.219. The second-order valence-electron chi connectivity index (χ2n) is 5.04. The molecule has 1 aromatic heterocycles. The molecule has 0 aliphatic heterocycles. The fraction of sp³-hybridized carbons (Fsp3) is 0.312. The molecule has 0 saturated heterocycles. The van der Waals surface area contributed by atoms with Crippen molar-refractivity contribution in [3.05, 3.63) is 45.1 Å². The summed E-state index contributed by atoms with van der Waals surface area (Å²) in [5, 5.41) is 4.97. The first-order valence-electron chi connectivity index (χ1n) is 6.87. The fourth-order valence-electron chi connectivity index (χ4n) is 1.94. The van der Waals surface area contributed by atoms with Gasteiger partial charge in [0.15, 0.2) is 0 Å². The lowest BCUT2D eigenvalue weighted by Crippen LogP contribution is -2.39. The largest absolute Gasteiger partial charge is 0.497 e. The molecule has 1 unspecified atom stereocenters. The maximum Gasteiger partial charge on any atom is 0.241 e. The van der Waals surface area contributed by atoms with Crippen LogP contribution < -0.4 is 10.1 Å². The average Bonchev–Trinajstić information content (AvgIpc) is 2.92. The highest BCUT2D eigenvalue weighted by atomic mass is 79.9. The zero-order valence-electron chi connectivity index (χ0n) is 12.8. The Labute approximate surface area is 143 Å². The summed E-state index contributed by atoms with van der Waals surface area (Å²) in [7, 11) is 3.57. The highest BCUT2D eigenvalue weighted by molar-refractivity contribution is 9.10. The first-order valence-corrected chi connectivity index (χ1v) is 8.55. The summed E-state index contributed by atoms with van der Waals surface area (Å²) in [5.74, 6) is 0.745. The van der Waals surface area contributed by atoms with Gasteiger partial charge in [0.05, 0.1) is 13.2 Å². The van der Waals surface area contributed by atoms with Crippen molar-refractivity contribution in [3.63, 3.8) is 0 Å². The van der Waals surface area contributed by atoms with Gasteiger partial charge < -0.3 is 10.1 Å². The Morgan fingerprint density at radius 3 is 2.64 bits per heavy atom. The van der Waals surface area contributed by atoms with Crippen molar-refractivity contribution in [2.45, 2.75) is 19.5 Å². The van der Waals surface area contributed by atoms with Gasteiger partial charge in [-0.05, 0) is 60.2 Å². The molecule has 1 N–H and O–H groups in total. The van der Waals surface area contributed by atoms with Crippen LogP contribution >= 0.6 is 27.3 Å². The lowest BCUT2D eigenvalue weighted by atomic mass is 10.2. The molecular formula is C16H19BrN2O2S. The third-order valence-corrected chi connectivity index (χ3v) is 5.11. The molecule has 0 fully saturated rings. The highest BCUT2D eigenvalue weighted by Gasteiger charge is 2.18. The number of nitrogens with one attached hydrogen (secondary N) is 1. The monoisotopic (exact) mass is 382 g/mol. The molecule has 1 amide bonds. The summed E-state index contributed by atoms with van der Waals surface area (Å²) in [4.78, 5) is 15.6. The van der Waals surface area contributed by atoms with Crippen molar-refractivity contribution in [3.8, 4) is 5.75 Å². The van der Waals surface area contributed by atoms with E-state index < -0.39 is 0 Å². The summed E-state index contributed by atoms with van der Waals surface area (Å²) in [6.45, 7) is 2.65. The molecule has 1 heterocycles. The van der Waals surface area contributed by atoms with Crippen LogP contribution in [0.3, 0.4) is 0 Å². The molecule has 2 aromatic rings. The molecular weight excluding hydrogens is 364 g/mol. The van der Waals surface area contributed by atoms with E-state index in [0.29, 0.717) is 0 Å². The van der Waals surface area contributed by atoms with Crippen LogP contribution in [0.4, 0.5) is 5.69 Å². The summed E-state index contributed by atoms with van der Waals surface area (Å²) in [5.41, 5.74) is 0.768. The van der Waals surface area contributed by atoms with Gasteiger partial charge in [0, 0.05) is 27.0 Å². The van der Waals surface area contributed by atoms with E-state index in [1.807, 2.05) is 48.5 Å². The lowest BCUT2D eigenvalue weighted by Gasteiger charge is -2.23. The molecule has 0 radical (unpaired) electrons. The molecule has 6 heteroatoms. The number of nitrogens with zero attached hydrogens (tertiary/aromatic N) is 1. The molecule has 1 aromatic carbocycles. The second-order valence-corrected chi connectivity index (χ2v) is 6.95. The number of thiophene rings is 1. The Kier molecular flexibility index (Phi) is 5.99. The maximum atomic E-state index is 12.3. The Morgan fingerprint density at radius 2 is 2.09 bits per heavy atom. The van der Waals surface area contributed by atoms with Crippen LogP contribution in [0.1, 0.15) is 11.8 Å². The van der Waals surface area contributed by atoms with E-state index >= 15 is 0 Å². The Bertz CT molecular complexity index is 627. The number of likely N-dealkylation sites (N-methyl/N-ethyl adjacent to an activating group) is 1. The number of hydrogen-bond donors (Lipinski definition) is 1. The van der Waals surface area contributed by atoms with Crippen LogP contribution in [-0.4, -0.2) is 31.0 Å². The van der Waals surface area contributed by atoms with Crippen LogP contribution in [0.5, 0.6) is 5.75 Å². The first-order chi connectivity index (χ1) is 10.5. The summed E-state index contributed by atoms with van der Waals surface area (Å²) in [6, 6.07) is 9.18.